The first-order valence-corrected chi connectivity index (χ1v) is 8.53. The van der Waals surface area contributed by atoms with Crippen molar-refractivity contribution in [2.75, 3.05) is 13.1 Å². The van der Waals surface area contributed by atoms with Gasteiger partial charge in [-0.3, -0.25) is 14.7 Å². The van der Waals surface area contributed by atoms with Crippen LogP contribution in [0.1, 0.15) is 36.0 Å². The van der Waals surface area contributed by atoms with Crippen LogP contribution in [-0.2, 0) is 13.6 Å². The highest BCUT2D eigenvalue weighted by atomic mass is 16.1. The Labute approximate surface area is 145 Å². The van der Waals surface area contributed by atoms with Crippen LogP contribution in [0.15, 0.2) is 29.3 Å². The van der Waals surface area contributed by atoms with E-state index >= 15 is 0 Å². The van der Waals surface area contributed by atoms with Crippen LogP contribution in [0.2, 0.25) is 0 Å². The minimum atomic E-state index is -0.0797. The van der Waals surface area contributed by atoms with Crippen LogP contribution in [0.25, 0.3) is 5.65 Å². The van der Waals surface area contributed by atoms with E-state index < -0.39 is 0 Å². The fourth-order valence-electron chi connectivity index (χ4n) is 3.36. The molecule has 25 heavy (non-hydrogen) atoms. The molecule has 0 aliphatic carbocycles. The largest absolute Gasteiger partial charge is 0.315 e. The molecule has 1 aliphatic heterocycles. The third kappa shape index (κ3) is 3.17. The number of hydrogen-bond donors (Lipinski definition) is 0. The summed E-state index contributed by atoms with van der Waals surface area (Å²) in [6.07, 6.45) is 5.23. The first-order valence-electron chi connectivity index (χ1n) is 8.53. The molecular formula is C17H21N7O. The average Bonchev–Trinajstić information content (AvgIpc) is 3.02. The molecule has 8 nitrogen and oxygen atoms in total. The van der Waals surface area contributed by atoms with E-state index in [0.29, 0.717) is 5.92 Å². The van der Waals surface area contributed by atoms with Crippen molar-refractivity contribution in [3.8, 4) is 0 Å². The second-order valence-electron chi connectivity index (χ2n) is 6.68. The van der Waals surface area contributed by atoms with Gasteiger partial charge in [-0.2, -0.15) is 9.61 Å². The van der Waals surface area contributed by atoms with Gasteiger partial charge >= 0.3 is 0 Å². The quantitative estimate of drug-likeness (QED) is 0.705. The number of aryl methyl sites for hydroxylation is 2. The van der Waals surface area contributed by atoms with Gasteiger partial charge in [-0.15, -0.1) is 10.2 Å². The van der Waals surface area contributed by atoms with Gasteiger partial charge in [-0.25, -0.2) is 0 Å². The van der Waals surface area contributed by atoms with E-state index in [2.05, 4.69) is 25.2 Å². The Morgan fingerprint density at radius 2 is 2.00 bits per heavy atom. The average molecular weight is 339 g/mol. The second-order valence-corrected chi connectivity index (χ2v) is 6.68. The van der Waals surface area contributed by atoms with Gasteiger partial charge in [0, 0.05) is 25.7 Å². The van der Waals surface area contributed by atoms with Gasteiger partial charge in [-0.1, -0.05) is 0 Å². The number of nitrogens with zero attached hydrogens (tertiary/aromatic N) is 7. The standard InChI is InChI=1S/C17H21N7O/c1-12-3-4-15-19-20-17(24(15)21-12)13-5-7-23(8-6-13)11-14-10-22(2)16(25)9-18-14/h3-4,9-10,13H,5-8,11H2,1-2H3. The maximum absolute atomic E-state index is 11.4. The molecule has 0 N–H and O–H groups in total. The molecule has 3 aromatic rings. The molecule has 1 saturated heterocycles. The number of aromatic nitrogens is 6. The van der Waals surface area contributed by atoms with E-state index in [1.165, 1.54) is 6.20 Å². The van der Waals surface area contributed by atoms with Crippen molar-refractivity contribution >= 4 is 5.65 Å². The summed E-state index contributed by atoms with van der Waals surface area (Å²) >= 11 is 0. The minimum absolute atomic E-state index is 0.0797. The summed E-state index contributed by atoms with van der Waals surface area (Å²) in [6.45, 7) is 4.68. The first kappa shape index (κ1) is 15.9. The number of likely N-dealkylation sites (tertiary alicyclic amines) is 1. The predicted molar refractivity (Wildman–Crippen MR) is 92.2 cm³/mol. The predicted octanol–water partition coefficient (Wildman–Crippen LogP) is 0.906. The van der Waals surface area contributed by atoms with Crippen LogP contribution >= 0.6 is 0 Å². The summed E-state index contributed by atoms with van der Waals surface area (Å²) in [4.78, 5) is 18.0. The molecule has 4 rings (SSSR count). The normalized spacial score (nSPS) is 16.6. The van der Waals surface area contributed by atoms with Gasteiger partial charge in [0.1, 0.15) is 0 Å². The molecule has 0 saturated carbocycles. The Bertz CT molecular complexity index is 953. The Morgan fingerprint density at radius 3 is 2.76 bits per heavy atom. The fraction of sp³-hybridized carbons (Fsp3) is 0.471. The lowest BCUT2D eigenvalue weighted by molar-refractivity contribution is 0.198. The Hall–Kier alpha value is -2.61. The van der Waals surface area contributed by atoms with Crippen molar-refractivity contribution in [1.82, 2.24) is 34.3 Å². The smallest absolute Gasteiger partial charge is 0.268 e. The third-order valence-electron chi connectivity index (χ3n) is 4.79. The first-order chi connectivity index (χ1) is 12.1. The molecule has 0 bridgehead atoms. The molecular weight excluding hydrogens is 318 g/mol. The lowest BCUT2D eigenvalue weighted by Crippen LogP contribution is -2.34. The van der Waals surface area contributed by atoms with Crippen molar-refractivity contribution in [3.63, 3.8) is 0 Å². The molecule has 0 spiro atoms. The number of rotatable bonds is 3. The van der Waals surface area contributed by atoms with Crippen LogP contribution in [-0.4, -0.2) is 47.4 Å². The lowest BCUT2D eigenvalue weighted by Gasteiger charge is -2.30. The van der Waals surface area contributed by atoms with Crippen molar-refractivity contribution in [3.05, 3.63) is 52.1 Å². The Kier molecular flexibility index (Phi) is 4.04. The van der Waals surface area contributed by atoms with Gasteiger partial charge in [0.2, 0.25) is 0 Å². The van der Waals surface area contributed by atoms with Crippen LogP contribution in [0, 0.1) is 6.92 Å². The second kappa shape index (κ2) is 6.36. The van der Waals surface area contributed by atoms with Gasteiger partial charge in [0.25, 0.3) is 5.56 Å². The molecule has 0 amide bonds. The third-order valence-corrected chi connectivity index (χ3v) is 4.79. The van der Waals surface area contributed by atoms with E-state index in [1.54, 1.807) is 11.6 Å². The Morgan fingerprint density at radius 1 is 1.20 bits per heavy atom. The monoisotopic (exact) mass is 339 g/mol. The van der Waals surface area contributed by atoms with Crippen molar-refractivity contribution in [1.29, 1.82) is 0 Å². The summed E-state index contributed by atoms with van der Waals surface area (Å²) in [7, 11) is 1.76. The molecule has 1 aliphatic rings. The SMILES string of the molecule is Cc1ccc2nnc(C3CCN(Cc4cn(C)c(=O)cn4)CC3)n2n1. The Balaban J connectivity index is 1.44. The lowest BCUT2D eigenvalue weighted by atomic mass is 9.96. The zero-order valence-corrected chi connectivity index (χ0v) is 14.5. The van der Waals surface area contributed by atoms with E-state index in [1.807, 2.05) is 29.8 Å². The zero-order valence-electron chi connectivity index (χ0n) is 14.5. The fourth-order valence-corrected chi connectivity index (χ4v) is 3.36. The zero-order chi connectivity index (χ0) is 17.4. The van der Waals surface area contributed by atoms with E-state index in [0.717, 1.165) is 55.3 Å². The molecule has 8 heteroatoms. The number of hydrogen-bond acceptors (Lipinski definition) is 6. The summed E-state index contributed by atoms with van der Waals surface area (Å²) in [5.41, 5.74) is 2.61. The van der Waals surface area contributed by atoms with Gasteiger partial charge < -0.3 is 4.57 Å². The molecule has 0 aromatic carbocycles. The molecule has 1 fully saturated rings. The van der Waals surface area contributed by atoms with Crippen LogP contribution in [0.5, 0.6) is 0 Å². The minimum Gasteiger partial charge on any atom is -0.315 e. The van der Waals surface area contributed by atoms with E-state index in [9.17, 15) is 4.79 Å². The van der Waals surface area contributed by atoms with Crippen LogP contribution in [0.3, 0.4) is 0 Å². The van der Waals surface area contributed by atoms with Crippen LogP contribution < -0.4 is 5.56 Å². The van der Waals surface area contributed by atoms with Gasteiger partial charge in [0.05, 0.1) is 17.6 Å². The highest BCUT2D eigenvalue weighted by Gasteiger charge is 2.25. The van der Waals surface area contributed by atoms with Crippen LogP contribution in [0.4, 0.5) is 0 Å². The van der Waals surface area contributed by atoms with E-state index in [-0.39, 0.29) is 5.56 Å². The molecule has 4 heterocycles. The van der Waals surface area contributed by atoms with Gasteiger partial charge in [-0.05, 0) is 45.0 Å². The summed E-state index contributed by atoms with van der Waals surface area (Å²) < 4.78 is 3.45. The number of fused-ring (bicyclic) bond motifs is 1. The summed E-state index contributed by atoms with van der Waals surface area (Å²) in [5, 5.41) is 13.2. The van der Waals surface area contributed by atoms with Crippen molar-refractivity contribution in [2.24, 2.45) is 7.05 Å². The molecule has 0 unspecified atom stereocenters. The molecule has 0 atom stereocenters. The van der Waals surface area contributed by atoms with Crippen molar-refractivity contribution in [2.45, 2.75) is 32.2 Å². The highest BCUT2D eigenvalue weighted by molar-refractivity contribution is 5.36. The maximum atomic E-state index is 11.4. The van der Waals surface area contributed by atoms with E-state index in [4.69, 9.17) is 0 Å². The highest BCUT2D eigenvalue weighted by Crippen LogP contribution is 2.27. The molecule has 0 radical (unpaired) electrons. The topological polar surface area (TPSA) is 81.2 Å². The maximum Gasteiger partial charge on any atom is 0.268 e. The molecule has 3 aromatic heterocycles. The number of piperidine rings is 1. The summed E-state index contributed by atoms with van der Waals surface area (Å²) in [6, 6.07) is 3.91. The summed E-state index contributed by atoms with van der Waals surface area (Å²) in [5.74, 6) is 1.33. The van der Waals surface area contributed by atoms with Gasteiger partial charge in [0.15, 0.2) is 11.5 Å². The molecule has 130 valence electrons. The van der Waals surface area contributed by atoms with Crippen molar-refractivity contribution < 1.29 is 0 Å².